The number of thiocarbonyl (C=S) groups is 1. The fourth-order valence-corrected chi connectivity index (χ4v) is 3.12. The molecule has 0 radical (unpaired) electrons. The number of hydrogen-bond donors (Lipinski definition) is 3. The van der Waals surface area contributed by atoms with Crippen LogP contribution in [0.1, 0.15) is 32.6 Å². The minimum atomic E-state index is -0.343. The van der Waals surface area contributed by atoms with Crippen LogP contribution in [0.15, 0.2) is 0 Å². The molecule has 2 bridgehead atoms. The standard InChI is InChI=1S/C11H20N2OS/c1-7(14)6-12-11(15)13-10-5-8-2-3-9(10)4-8/h7-10,14H,2-6H2,1H3,(H2,12,13,15)/t7-,8+,9+,10-/m0/s1. The number of aliphatic hydroxyl groups excluding tert-OH is 1. The topological polar surface area (TPSA) is 44.3 Å². The van der Waals surface area contributed by atoms with Crippen molar-refractivity contribution in [1.82, 2.24) is 10.6 Å². The molecular weight excluding hydrogens is 208 g/mol. The van der Waals surface area contributed by atoms with Crippen LogP contribution in [0.5, 0.6) is 0 Å². The third-order valence-electron chi connectivity index (χ3n) is 3.61. The number of aliphatic hydroxyl groups is 1. The van der Waals surface area contributed by atoms with Crippen molar-refractivity contribution >= 4 is 17.3 Å². The normalized spacial score (nSPS) is 35.2. The Kier molecular flexibility index (Phi) is 3.46. The summed E-state index contributed by atoms with van der Waals surface area (Å²) >= 11 is 5.19. The molecule has 86 valence electrons. The average molecular weight is 228 g/mol. The van der Waals surface area contributed by atoms with Gasteiger partial charge >= 0.3 is 0 Å². The van der Waals surface area contributed by atoms with Crippen molar-refractivity contribution in [2.75, 3.05) is 6.54 Å². The van der Waals surface area contributed by atoms with Gasteiger partial charge in [0.2, 0.25) is 0 Å². The van der Waals surface area contributed by atoms with E-state index in [-0.39, 0.29) is 6.10 Å². The van der Waals surface area contributed by atoms with Crippen LogP contribution in [0.4, 0.5) is 0 Å². The van der Waals surface area contributed by atoms with Crippen LogP contribution < -0.4 is 10.6 Å². The second-order valence-electron chi connectivity index (χ2n) is 4.98. The predicted molar refractivity (Wildman–Crippen MR) is 64.7 cm³/mol. The maximum absolute atomic E-state index is 9.12. The van der Waals surface area contributed by atoms with E-state index < -0.39 is 0 Å². The maximum Gasteiger partial charge on any atom is 0.166 e. The summed E-state index contributed by atoms with van der Waals surface area (Å²) in [5, 5.41) is 16.2. The van der Waals surface area contributed by atoms with Crippen molar-refractivity contribution in [3.05, 3.63) is 0 Å². The van der Waals surface area contributed by atoms with Gasteiger partial charge < -0.3 is 15.7 Å². The molecule has 2 aliphatic carbocycles. The molecule has 0 aromatic carbocycles. The van der Waals surface area contributed by atoms with E-state index in [0.29, 0.717) is 17.7 Å². The molecule has 2 saturated carbocycles. The van der Waals surface area contributed by atoms with Crippen LogP contribution in [-0.2, 0) is 0 Å². The van der Waals surface area contributed by atoms with Crippen molar-refractivity contribution in [3.8, 4) is 0 Å². The fraction of sp³-hybridized carbons (Fsp3) is 0.909. The molecule has 0 heterocycles. The lowest BCUT2D eigenvalue weighted by Gasteiger charge is -2.24. The highest BCUT2D eigenvalue weighted by Crippen LogP contribution is 2.44. The minimum Gasteiger partial charge on any atom is -0.392 e. The molecule has 0 aromatic rings. The van der Waals surface area contributed by atoms with Crippen molar-refractivity contribution in [2.24, 2.45) is 11.8 Å². The Labute approximate surface area is 96.6 Å². The summed E-state index contributed by atoms with van der Waals surface area (Å²) in [5.41, 5.74) is 0. The van der Waals surface area contributed by atoms with Gasteiger partial charge in [-0.1, -0.05) is 6.42 Å². The lowest BCUT2D eigenvalue weighted by molar-refractivity contribution is 0.197. The van der Waals surface area contributed by atoms with E-state index in [9.17, 15) is 0 Å². The van der Waals surface area contributed by atoms with Gasteiger partial charge in [-0.05, 0) is 50.2 Å². The number of fused-ring (bicyclic) bond motifs is 2. The van der Waals surface area contributed by atoms with Gasteiger partial charge in [-0.15, -0.1) is 0 Å². The second-order valence-corrected chi connectivity index (χ2v) is 5.39. The smallest absolute Gasteiger partial charge is 0.166 e. The summed E-state index contributed by atoms with van der Waals surface area (Å²) in [6, 6.07) is 0.581. The van der Waals surface area contributed by atoms with E-state index in [4.69, 9.17) is 17.3 Å². The largest absolute Gasteiger partial charge is 0.392 e. The fourth-order valence-electron chi connectivity index (χ4n) is 2.88. The minimum absolute atomic E-state index is 0.343. The zero-order chi connectivity index (χ0) is 10.8. The Morgan fingerprint density at radius 2 is 2.27 bits per heavy atom. The molecular formula is C11H20N2OS. The van der Waals surface area contributed by atoms with Gasteiger partial charge in [0.15, 0.2) is 5.11 Å². The molecule has 0 spiro atoms. The van der Waals surface area contributed by atoms with Gasteiger partial charge in [-0.25, -0.2) is 0 Å². The predicted octanol–water partition coefficient (Wildman–Crippen LogP) is 1.02. The van der Waals surface area contributed by atoms with E-state index in [1.165, 1.54) is 25.7 Å². The number of hydrogen-bond acceptors (Lipinski definition) is 2. The quantitative estimate of drug-likeness (QED) is 0.631. The summed E-state index contributed by atoms with van der Waals surface area (Å²) in [7, 11) is 0. The van der Waals surface area contributed by atoms with E-state index in [1.54, 1.807) is 6.92 Å². The van der Waals surface area contributed by atoms with E-state index in [1.807, 2.05) is 0 Å². The Hall–Kier alpha value is -0.350. The third-order valence-corrected chi connectivity index (χ3v) is 3.87. The molecule has 3 nitrogen and oxygen atoms in total. The van der Waals surface area contributed by atoms with Crippen molar-refractivity contribution < 1.29 is 5.11 Å². The molecule has 0 saturated heterocycles. The summed E-state index contributed by atoms with van der Waals surface area (Å²) in [6.07, 6.45) is 5.10. The first kappa shape index (κ1) is 11.1. The van der Waals surface area contributed by atoms with Gasteiger partial charge in [0.05, 0.1) is 6.10 Å². The van der Waals surface area contributed by atoms with Crippen molar-refractivity contribution in [2.45, 2.75) is 44.8 Å². The molecule has 0 aliphatic heterocycles. The Morgan fingerprint density at radius 1 is 1.47 bits per heavy atom. The molecule has 0 amide bonds. The zero-order valence-corrected chi connectivity index (χ0v) is 10.0. The number of nitrogens with one attached hydrogen (secondary N) is 2. The van der Waals surface area contributed by atoms with Gasteiger partial charge in [0, 0.05) is 12.6 Å². The van der Waals surface area contributed by atoms with Gasteiger partial charge in [0.1, 0.15) is 0 Å². The molecule has 2 aliphatic rings. The highest BCUT2D eigenvalue weighted by atomic mass is 32.1. The molecule has 2 fully saturated rings. The molecule has 0 aromatic heterocycles. The zero-order valence-electron chi connectivity index (χ0n) is 9.20. The first-order valence-corrected chi connectivity index (χ1v) is 6.28. The molecule has 15 heavy (non-hydrogen) atoms. The van der Waals surface area contributed by atoms with Crippen LogP contribution in [0.2, 0.25) is 0 Å². The highest BCUT2D eigenvalue weighted by Gasteiger charge is 2.39. The second kappa shape index (κ2) is 4.66. The summed E-state index contributed by atoms with van der Waals surface area (Å²) in [5.74, 6) is 1.77. The Morgan fingerprint density at radius 3 is 2.80 bits per heavy atom. The maximum atomic E-state index is 9.12. The monoisotopic (exact) mass is 228 g/mol. The van der Waals surface area contributed by atoms with Crippen molar-refractivity contribution in [1.29, 1.82) is 0 Å². The van der Waals surface area contributed by atoms with Gasteiger partial charge in [-0.2, -0.15) is 0 Å². The van der Waals surface area contributed by atoms with Gasteiger partial charge in [-0.3, -0.25) is 0 Å². The van der Waals surface area contributed by atoms with Crippen LogP contribution in [0.25, 0.3) is 0 Å². The Balaban J connectivity index is 1.71. The molecule has 4 atom stereocenters. The summed E-state index contributed by atoms with van der Waals surface area (Å²) < 4.78 is 0. The molecule has 4 heteroatoms. The molecule has 2 rings (SSSR count). The Bertz CT molecular complexity index is 245. The van der Waals surface area contributed by atoms with Crippen LogP contribution >= 0.6 is 12.2 Å². The first-order chi connectivity index (χ1) is 7.15. The van der Waals surface area contributed by atoms with Crippen LogP contribution in [0, 0.1) is 11.8 Å². The van der Waals surface area contributed by atoms with Crippen LogP contribution in [0.3, 0.4) is 0 Å². The number of rotatable bonds is 3. The van der Waals surface area contributed by atoms with E-state index in [0.717, 1.165) is 11.8 Å². The van der Waals surface area contributed by atoms with E-state index >= 15 is 0 Å². The SMILES string of the molecule is C[C@H](O)CNC(=S)N[C@H]1C[C@@H]2CC[C@@H]1C2. The lowest BCUT2D eigenvalue weighted by Crippen LogP contribution is -2.45. The molecule has 0 unspecified atom stereocenters. The average Bonchev–Trinajstić information content (AvgIpc) is 2.76. The van der Waals surface area contributed by atoms with Gasteiger partial charge in [0.25, 0.3) is 0 Å². The highest BCUT2D eigenvalue weighted by molar-refractivity contribution is 7.80. The molecule has 3 N–H and O–H groups in total. The first-order valence-electron chi connectivity index (χ1n) is 5.87. The van der Waals surface area contributed by atoms with Crippen molar-refractivity contribution in [3.63, 3.8) is 0 Å². The van der Waals surface area contributed by atoms with Crippen LogP contribution in [-0.4, -0.2) is 28.9 Å². The summed E-state index contributed by atoms with van der Waals surface area (Å²) in [6.45, 7) is 2.29. The third kappa shape index (κ3) is 2.82. The lowest BCUT2D eigenvalue weighted by atomic mass is 9.96. The van der Waals surface area contributed by atoms with E-state index in [2.05, 4.69) is 10.6 Å². The summed E-state index contributed by atoms with van der Waals surface area (Å²) in [4.78, 5) is 0.